The lowest BCUT2D eigenvalue weighted by molar-refractivity contribution is -0.115. The van der Waals surface area contributed by atoms with Crippen molar-refractivity contribution in [3.05, 3.63) is 53.1 Å². The van der Waals surface area contributed by atoms with Gasteiger partial charge >= 0.3 is 0 Å². The van der Waals surface area contributed by atoms with Crippen molar-refractivity contribution in [2.75, 3.05) is 24.9 Å². The highest BCUT2D eigenvalue weighted by Gasteiger charge is 2.36. The van der Waals surface area contributed by atoms with E-state index in [0.717, 1.165) is 11.3 Å². The van der Waals surface area contributed by atoms with E-state index in [2.05, 4.69) is 0 Å². The summed E-state index contributed by atoms with van der Waals surface area (Å²) in [5, 5.41) is 0.484. The van der Waals surface area contributed by atoms with Gasteiger partial charge in [0.1, 0.15) is 5.37 Å². The molecule has 1 heterocycles. The monoisotopic (exact) mass is 349 g/mol. The number of carbonyl (C=O) groups excluding carboxylic acids is 1. The first kappa shape index (κ1) is 16.0. The molecule has 1 atom stereocenters. The van der Waals surface area contributed by atoms with E-state index in [0.29, 0.717) is 22.3 Å². The molecule has 1 aliphatic rings. The number of para-hydroxylation sites is 1. The zero-order valence-corrected chi connectivity index (χ0v) is 14.4. The fourth-order valence-electron chi connectivity index (χ4n) is 2.64. The average molecular weight is 350 g/mol. The van der Waals surface area contributed by atoms with Crippen LogP contribution in [0.1, 0.15) is 10.9 Å². The van der Waals surface area contributed by atoms with E-state index >= 15 is 0 Å². The summed E-state index contributed by atoms with van der Waals surface area (Å²) in [4.78, 5) is 14.2. The van der Waals surface area contributed by atoms with Crippen molar-refractivity contribution < 1.29 is 14.3 Å². The van der Waals surface area contributed by atoms with E-state index in [4.69, 9.17) is 21.1 Å². The Labute approximate surface area is 144 Å². The van der Waals surface area contributed by atoms with Gasteiger partial charge in [0.05, 0.1) is 20.0 Å². The molecule has 0 bridgehead atoms. The fraction of sp³-hybridized carbons (Fsp3) is 0.235. The van der Waals surface area contributed by atoms with Gasteiger partial charge in [0, 0.05) is 16.3 Å². The lowest BCUT2D eigenvalue weighted by Gasteiger charge is -2.26. The molecule has 0 saturated carbocycles. The van der Waals surface area contributed by atoms with E-state index in [1.165, 1.54) is 0 Å². The Morgan fingerprint density at radius 1 is 1.13 bits per heavy atom. The molecule has 2 aromatic carbocycles. The SMILES string of the molecule is COc1cccc([C@@H]2SCC(=O)N2c2ccc(Cl)cc2)c1OC. The summed E-state index contributed by atoms with van der Waals surface area (Å²) in [6.45, 7) is 0. The van der Waals surface area contributed by atoms with Crippen molar-refractivity contribution in [2.45, 2.75) is 5.37 Å². The predicted molar refractivity (Wildman–Crippen MR) is 93.7 cm³/mol. The third-order valence-electron chi connectivity index (χ3n) is 3.67. The highest BCUT2D eigenvalue weighted by molar-refractivity contribution is 8.00. The van der Waals surface area contributed by atoms with E-state index < -0.39 is 0 Å². The third-order valence-corrected chi connectivity index (χ3v) is 5.12. The van der Waals surface area contributed by atoms with Gasteiger partial charge in [0.25, 0.3) is 0 Å². The zero-order valence-electron chi connectivity index (χ0n) is 12.8. The summed E-state index contributed by atoms with van der Waals surface area (Å²) in [6, 6.07) is 13.0. The van der Waals surface area contributed by atoms with Crippen LogP contribution < -0.4 is 14.4 Å². The first-order valence-corrected chi connectivity index (χ1v) is 8.48. The zero-order chi connectivity index (χ0) is 16.4. The molecule has 1 amide bonds. The number of benzene rings is 2. The van der Waals surface area contributed by atoms with E-state index in [9.17, 15) is 4.79 Å². The van der Waals surface area contributed by atoms with Crippen LogP contribution in [0.4, 0.5) is 5.69 Å². The molecule has 0 spiro atoms. The number of amides is 1. The van der Waals surface area contributed by atoms with Gasteiger partial charge in [0.15, 0.2) is 11.5 Å². The van der Waals surface area contributed by atoms with Gasteiger partial charge in [-0.05, 0) is 30.3 Å². The summed E-state index contributed by atoms with van der Waals surface area (Å²) < 4.78 is 10.9. The minimum atomic E-state index is -0.159. The fourth-order valence-corrected chi connectivity index (χ4v) is 3.96. The molecule has 3 rings (SSSR count). The van der Waals surface area contributed by atoms with Crippen LogP contribution in [0.5, 0.6) is 11.5 Å². The Kier molecular flexibility index (Phi) is 4.68. The maximum absolute atomic E-state index is 12.4. The van der Waals surface area contributed by atoms with Gasteiger partial charge in [-0.3, -0.25) is 9.69 Å². The van der Waals surface area contributed by atoms with Crippen molar-refractivity contribution in [2.24, 2.45) is 0 Å². The molecule has 1 aliphatic heterocycles. The molecule has 23 heavy (non-hydrogen) atoms. The molecule has 4 nitrogen and oxygen atoms in total. The third kappa shape index (κ3) is 2.99. The number of nitrogens with zero attached hydrogens (tertiary/aromatic N) is 1. The summed E-state index contributed by atoms with van der Waals surface area (Å²) in [5.74, 6) is 1.79. The minimum absolute atomic E-state index is 0.0622. The lowest BCUT2D eigenvalue weighted by Crippen LogP contribution is -2.28. The van der Waals surface area contributed by atoms with Crippen LogP contribution in [-0.2, 0) is 4.79 Å². The molecule has 1 fully saturated rings. The number of hydrogen-bond acceptors (Lipinski definition) is 4. The highest BCUT2D eigenvalue weighted by Crippen LogP contribution is 2.47. The first-order valence-electron chi connectivity index (χ1n) is 7.06. The van der Waals surface area contributed by atoms with Crippen LogP contribution in [0.25, 0.3) is 0 Å². The minimum Gasteiger partial charge on any atom is -0.493 e. The quantitative estimate of drug-likeness (QED) is 0.831. The van der Waals surface area contributed by atoms with Gasteiger partial charge in [-0.25, -0.2) is 0 Å². The molecular weight excluding hydrogens is 334 g/mol. The number of ether oxygens (including phenoxy) is 2. The number of rotatable bonds is 4. The number of carbonyl (C=O) groups is 1. The molecule has 0 aliphatic carbocycles. The van der Waals surface area contributed by atoms with Crippen LogP contribution in [0.3, 0.4) is 0 Å². The Bertz CT molecular complexity index is 720. The molecule has 120 valence electrons. The Morgan fingerprint density at radius 3 is 2.52 bits per heavy atom. The molecule has 1 saturated heterocycles. The number of methoxy groups -OCH3 is 2. The summed E-state index contributed by atoms with van der Waals surface area (Å²) >= 11 is 7.52. The van der Waals surface area contributed by atoms with Gasteiger partial charge < -0.3 is 9.47 Å². The molecular formula is C17H16ClNO3S. The van der Waals surface area contributed by atoms with Crippen LogP contribution in [0, 0.1) is 0 Å². The molecule has 0 unspecified atom stereocenters. The second kappa shape index (κ2) is 6.72. The Hall–Kier alpha value is -1.85. The first-order chi connectivity index (χ1) is 11.2. The Balaban J connectivity index is 2.05. The number of hydrogen-bond donors (Lipinski definition) is 0. The molecule has 2 aromatic rings. The van der Waals surface area contributed by atoms with Crippen molar-refractivity contribution >= 4 is 35.0 Å². The lowest BCUT2D eigenvalue weighted by atomic mass is 10.1. The van der Waals surface area contributed by atoms with E-state index in [1.807, 2.05) is 30.3 Å². The molecule has 0 aromatic heterocycles. The van der Waals surface area contributed by atoms with Gasteiger partial charge in [-0.15, -0.1) is 11.8 Å². The van der Waals surface area contributed by atoms with Gasteiger partial charge in [-0.2, -0.15) is 0 Å². The standard InChI is InChI=1S/C17H16ClNO3S/c1-21-14-5-3-4-13(16(14)22-2)17-19(15(20)10-23-17)12-8-6-11(18)7-9-12/h3-9,17H,10H2,1-2H3/t17-/m0/s1. The normalized spacial score (nSPS) is 17.4. The van der Waals surface area contributed by atoms with Crippen LogP contribution in [0.2, 0.25) is 5.02 Å². The summed E-state index contributed by atoms with van der Waals surface area (Å²) in [7, 11) is 3.21. The summed E-state index contributed by atoms with van der Waals surface area (Å²) in [6.07, 6.45) is 0. The van der Waals surface area contributed by atoms with Crippen molar-refractivity contribution in [3.63, 3.8) is 0 Å². The highest BCUT2D eigenvalue weighted by atomic mass is 35.5. The van der Waals surface area contributed by atoms with Crippen LogP contribution >= 0.6 is 23.4 Å². The smallest absolute Gasteiger partial charge is 0.238 e. The second-order valence-corrected chi connectivity index (χ2v) is 6.49. The number of thioether (sulfide) groups is 1. The largest absolute Gasteiger partial charge is 0.493 e. The maximum atomic E-state index is 12.4. The van der Waals surface area contributed by atoms with Gasteiger partial charge in [0.2, 0.25) is 5.91 Å². The van der Waals surface area contributed by atoms with Crippen LogP contribution in [-0.4, -0.2) is 25.9 Å². The molecule has 0 radical (unpaired) electrons. The van der Waals surface area contributed by atoms with Gasteiger partial charge in [-0.1, -0.05) is 23.7 Å². The predicted octanol–water partition coefficient (Wildman–Crippen LogP) is 4.14. The number of halogens is 1. The average Bonchev–Trinajstić information content (AvgIpc) is 2.96. The van der Waals surface area contributed by atoms with Crippen LogP contribution in [0.15, 0.2) is 42.5 Å². The second-order valence-electron chi connectivity index (χ2n) is 4.99. The van der Waals surface area contributed by atoms with Crippen molar-refractivity contribution in [1.29, 1.82) is 0 Å². The van der Waals surface area contributed by atoms with E-state index in [1.54, 1.807) is 43.0 Å². The van der Waals surface area contributed by atoms with Crippen molar-refractivity contribution in [3.8, 4) is 11.5 Å². The topological polar surface area (TPSA) is 38.8 Å². The van der Waals surface area contributed by atoms with Crippen molar-refractivity contribution in [1.82, 2.24) is 0 Å². The Morgan fingerprint density at radius 2 is 1.87 bits per heavy atom. The maximum Gasteiger partial charge on any atom is 0.238 e. The molecule has 6 heteroatoms. The summed E-state index contributed by atoms with van der Waals surface area (Å²) in [5.41, 5.74) is 1.73. The van der Waals surface area contributed by atoms with E-state index in [-0.39, 0.29) is 11.3 Å². The molecule has 0 N–H and O–H groups in total. The number of anilines is 1.